The number of anilines is 1. The number of carbonyl (C=O) groups excluding carboxylic acids is 2. The van der Waals surface area contributed by atoms with E-state index in [2.05, 4.69) is 12.2 Å². The van der Waals surface area contributed by atoms with Crippen molar-refractivity contribution in [2.45, 2.75) is 26.7 Å². The van der Waals surface area contributed by atoms with Gasteiger partial charge in [0.25, 0.3) is 0 Å². The summed E-state index contributed by atoms with van der Waals surface area (Å²) in [5, 5.41) is 2.74. The van der Waals surface area contributed by atoms with Crippen LogP contribution in [0.4, 0.5) is 5.69 Å². The summed E-state index contributed by atoms with van der Waals surface area (Å²) in [6.45, 7) is 4.88. The molecule has 0 aliphatic rings. The van der Waals surface area contributed by atoms with E-state index < -0.39 is 5.97 Å². The zero-order valence-corrected chi connectivity index (χ0v) is 15.7. The van der Waals surface area contributed by atoms with Gasteiger partial charge in [0.2, 0.25) is 5.91 Å². The molecule has 0 radical (unpaired) electrons. The molecule has 27 heavy (non-hydrogen) atoms. The minimum atomic E-state index is -0.412. The van der Waals surface area contributed by atoms with Crippen LogP contribution in [0.5, 0.6) is 5.75 Å². The third kappa shape index (κ3) is 6.98. The van der Waals surface area contributed by atoms with Crippen LogP contribution in [0.3, 0.4) is 0 Å². The number of rotatable bonds is 9. The lowest BCUT2D eigenvalue weighted by atomic mass is 10.2. The monoisotopic (exact) mass is 367 g/mol. The lowest BCUT2D eigenvalue weighted by molar-refractivity contribution is -0.111. The van der Waals surface area contributed by atoms with Crippen LogP contribution < -0.4 is 10.1 Å². The van der Waals surface area contributed by atoms with Gasteiger partial charge >= 0.3 is 5.97 Å². The molecule has 0 saturated carbocycles. The third-order valence-electron chi connectivity index (χ3n) is 3.72. The molecule has 0 bridgehead atoms. The lowest BCUT2D eigenvalue weighted by Crippen LogP contribution is -2.09. The van der Waals surface area contributed by atoms with E-state index in [1.54, 1.807) is 37.3 Å². The van der Waals surface area contributed by atoms with E-state index in [1.165, 1.54) is 6.08 Å². The van der Waals surface area contributed by atoms with Gasteiger partial charge < -0.3 is 14.8 Å². The molecule has 0 spiro atoms. The van der Waals surface area contributed by atoms with Crippen LogP contribution in [0.2, 0.25) is 0 Å². The summed E-state index contributed by atoms with van der Waals surface area (Å²) in [7, 11) is 0. The molecule has 2 aromatic rings. The van der Waals surface area contributed by atoms with Gasteiger partial charge in [-0.3, -0.25) is 4.79 Å². The quantitative estimate of drug-likeness (QED) is 0.397. The third-order valence-corrected chi connectivity index (χ3v) is 3.72. The SMILES string of the molecule is CCCCOc1ccc(C=CC(=O)Nc2cccc(C(=O)OCC)c2)cc1. The van der Waals surface area contributed by atoms with Crippen LogP contribution in [0.1, 0.15) is 42.6 Å². The zero-order chi connectivity index (χ0) is 19.5. The molecule has 0 heterocycles. The molecule has 0 aromatic heterocycles. The summed E-state index contributed by atoms with van der Waals surface area (Å²) in [6, 6.07) is 14.2. The highest BCUT2D eigenvalue weighted by atomic mass is 16.5. The second kappa shape index (κ2) is 10.8. The number of nitrogens with one attached hydrogen (secondary N) is 1. The van der Waals surface area contributed by atoms with Crippen molar-refractivity contribution >= 4 is 23.6 Å². The number of ether oxygens (including phenoxy) is 2. The summed E-state index contributed by atoms with van der Waals surface area (Å²) in [5.41, 5.74) is 1.83. The van der Waals surface area contributed by atoms with Crippen molar-refractivity contribution < 1.29 is 19.1 Å². The van der Waals surface area contributed by atoms with Gasteiger partial charge in [-0.15, -0.1) is 0 Å². The van der Waals surface area contributed by atoms with Crippen LogP contribution in [0.25, 0.3) is 6.08 Å². The van der Waals surface area contributed by atoms with Crippen LogP contribution in [-0.2, 0) is 9.53 Å². The Kier molecular flexibility index (Phi) is 8.10. The van der Waals surface area contributed by atoms with Crippen molar-refractivity contribution in [3.05, 3.63) is 65.7 Å². The molecule has 0 saturated heterocycles. The number of esters is 1. The molecule has 2 aromatic carbocycles. The minimum Gasteiger partial charge on any atom is -0.494 e. The molecule has 1 amide bonds. The van der Waals surface area contributed by atoms with Gasteiger partial charge in [0.05, 0.1) is 18.8 Å². The second-order valence-corrected chi connectivity index (χ2v) is 5.89. The fraction of sp³-hybridized carbons (Fsp3) is 0.273. The van der Waals surface area contributed by atoms with E-state index in [4.69, 9.17) is 9.47 Å². The molecule has 5 heteroatoms. The molecule has 2 rings (SSSR count). The summed E-state index contributed by atoms with van der Waals surface area (Å²) in [6.07, 6.45) is 5.29. The topological polar surface area (TPSA) is 64.6 Å². The van der Waals surface area contributed by atoms with Crippen LogP contribution >= 0.6 is 0 Å². The largest absolute Gasteiger partial charge is 0.494 e. The number of hydrogen-bond acceptors (Lipinski definition) is 4. The van der Waals surface area contributed by atoms with Crippen LogP contribution in [0, 0.1) is 0 Å². The molecule has 5 nitrogen and oxygen atoms in total. The maximum Gasteiger partial charge on any atom is 0.338 e. The number of hydrogen-bond donors (Lipinski definition) is 1. The van der Waals surface area contributed by atoms with Crippen molar-refractivity contribution in [3.8, 4) is 5.75 Å². The van der Waals surface area contributed by atoms with E-state index in [-0.39, 0.29) is 5.91 Å². The first-order valence-electron chi connectivity index (χ1n) is 9.11. The highest BCUT2D eigenvalue weighted by Gasteiger charge is 2.07. The lowest BCUT2D eigenvalue weighted by Gasteiger charge is -2.06. The number of benzene rings is 2. The van der Waals surface area contributed by atoms with Gasteiger partial charge in [-0.25, -0.2) is 4.79 Å². The second-order valence-electron chi connectivity index (χ2n) is 5.89. The first-order chi connectivity index (χ1) is 13.1. The van der Waals surface area contributed by atoms with Crippen molar-refractivity contribution in [1.29, 1.82) is 0 Å². The molecule has 0 aliphatic carbocycles. The molecule has 0 fully saturated rings. The first kappa shape index (κ1) is 20.2. The molecule has 1 N–H and O–H groups in total. The molecule has 0 aliphatic heterocycles. The Morgan fingerprint density at radius 1 is 1.07 bits per heavy atom. The number of carbonyl (C=O) groups is 2. The van der Waals surface area contributed by atoms with Gasteiger partial charge in [0.15, 0.2) is 0 Å². The van der Waals surface area contributed by atoms with Crippen LogP contribution in [-0.4, -0.2) is 25.1 Å². The first-order valence-corrected chi connectivity index (χ1v) is 9.11. The van der Waals surface area contributed by atoms with Crippen molar-refractivity contribution in [1.82, 2.24) is 0 Å². The van der Waals surface area contributed by atoms with Gasteiger partial charge in [0.1, 0.15) is 5.75 Å². The summed E-state index contributed by atoms with van der Waals surface area (Å²) < 4.78 is 10.6. The van der Waals surface area contributed by atoms with Crippen LogP contribution in [0.15, 0.2) is 54.6 Å². The predicted octanol–water partition coefficient (Wildman–Crippen LogP) is 4.69. The standard InChI is InChI=1S/C22H25NO4/c1-3-5-15-27-20-12-9-17(10-13-20)11-14-21(24)23-19-8-6-7-18(16-19)22(25)26-4-2/h6-14,16H,3-5,15H2,1-2H3,(H,23,24). The average molecular weight is 367 g/mol. The Balaban J connectivity index is 1.91. The van der Waals surface area contributed by atoms with Crippen molar-refractivity contribution in [2.24, 2.45) is 0 Å². The Labute approximate surface area is 160 Å². The Bertz CT molecular complexity index is 781. The van der Waals surface area contributed by atoms with Crippen molar-refractivity contribution in [3.63, 3.8) is 0 Å². The van der Waals surface area contributed by atoms with E-state index in [9.17, 15) is 9.59 Å². The van der Waals surface area contributed by atoms with Gasteiger partial charge in [-0.2, -0.15) is 0 Å². The van der Waals surface area contributed by atoms with Gasteiger partial charge in [-0.05, 0) is 55.3 Å². The molecular formula is C22H25NO4. The Hall–Kier alpha value is -3.08. The Morgan fingerprint density at radius 3 is 2.56 bits per heavy atom. The predicted molar refractivity (Wildman–Crippen MR) is 107 cm³/mol. The minimum absolute atomic E-state index is 0.278. The summed E-state index contributed by atoms with van der Waals surface area (Å²) in [4.78, 5) is 23.8. The molecule has 142 valence electrons. The Morgan fingerprint density at radius 2 is 1.85 bits per heavy atom. The maximum atomic E-state index is 12.1. The van der Waals surface area contributed by atoms with E-state index in [0.717, 1.165) is 24.2 Å². The summed E-state index contributed by atoms with van der Waals surface area (Å²) >= 11 is 0. The smallest absolute Gasteiger partial charge is 0.338 e. The molecular weight excluding hydrogens is 342 g/mol. The number of amides is 1. The van der Waals surface area contributed by atoms with E-state index in [0.29, 0.717) is 24.5 Å². The number of unbranched alkanes of at least 4 members (excludes halogenated alkanes) is 1. The molecule has 0 unspecified atom stereocenters. The van der Waals surface area contributed by atoms with E-state index >= 15 is 0 Å². The summed E-state index contributed by atoms with van der Waals surface area (Å²) in [5.74, 6) is 0.130. The highest BCUT2D eigenvalue weighted by Crippen LogP contribution is 2.15. The molecule has 0 atom stereocenters. The average Bonchev–Trinajstić information content (AvgIpc) is 2.68. The maximum absolute atomic E-state index is 12.1. The fourth-order valence-corrected chi connectivity index (χ4v) is 2.30. The van der Waals surface area contributed by atoms with Gasteiger partial charge in [0, 0.05) is 11.8 Å². The van der Waals surface area contributed by atoms with E-state index in [1.807, 2.05) is 24.3 Å². The fourth-order valence-electron chi connectivity index (χ4n) is 2.30. The van der Waals surface area contributed by atoms with Gasteiger partial charge in [-0.1, -0.05) is 31.5 Å². The zero-order valence-electron chi connectivity index (χ0n) is 15.7. The normalized spacial score (nSPS) is 10.6. The van der Waals surface area contributed by atoms with Crippen molar-refractivity contribution in [2.75, 3.05) is 18.5 Å². The highest BCUT2D eigenvalue weighted by molar-refractivity contribution is 6.02.